The molecule has 0 unspecified atom stereocenters. The normalized spacial score (nSPS) is 10.9. The minimum atomic E-state index is 0.538. The van der Waals surface area contributed by atoms with Crippen LogP contribution in [-0.2, 0) is 5.75 Å². The summed E-state index contributed by atoms with van der Waals surface area (Å²) < 4.78 is 5.06. The highest BCUT2D eigenvalue weighted by molar-refractivity contribution is 7.98. The smallest absolute Gasteiger partial charge is 0.321 e. The van der Waals surface area contributed by atoms with Crippen LogP contribution in [0.1, 0.15) is 33.0 Å². The van der Waals surface area contributed by atoms with E-state index in [0.29, 0.717) is 11.9 Å². The van der Waals surface area contributed by atoms with Crippen molar-refractivity contribution in [2.24, 2.45) is 5.92 Å². The van der Waals surface area contributed by atoms with Gasteiger partial charge in [-0.15, -0.1) is 0 Å². The lowest BCUT2D eigenvalue weighted by Crippen LogP contribution is -2.07. The Morgan fingerprint density at radius 1 is 1.47 bits per heavy atom. The second-order valence-electron chi connectivity index (χ2n) is 3.84. The first-order chi connectivity index (χ1) is 7.22. The second-order valence-corrected chi connectivity index (χ2v) is 4.95. The number of hydrogen-bond donors (Lipinski definition) is 1. The molecule has 0 spiro atoms. The van der Waals surface area contributed by atoms with E-state index in [1.165, 1.54) is 6.42 Å². The minimum absolute atomic E-state index is 0.538. The zero-order valence-electron chi connectivity index (χ0n) is 9.62. The Hall–Kier alpha value is -0.710. The van der Waals surface area contributed by atoms with Crippen LogP contribution < -0.4 is 5.32 Å². The molecule has 0 saturated heterocycles. The fraction of sp³-hybridized carbons (Fsp3) is 0.800. The summed E-state index contributed by atoms with van der Waals surface area (Å²) in [5.74, 6) is 3.33. The van der Waals surface area contributed by atoms with Crippen molar-refractivity contribution in [3.8, 4) is 0 Å². The van der Waals surface area contributed by atoms with Gasteiger partial charge in [0.25, 0.3) is 0 Å². The third-order valence-electron chi connectivity index (χ3n) is 1.71. The number of anilines is 1. The van der Waals surface area contributed by atoms with Crippen LogP contribution in [0.25, 0.3) is 0 Å². The van der Waals surface area contributed by atoms with Crippen molar-refractivity contribution in [1.82, 2.24) is 10.1 Å². The predicted octanol–water partition coefficient (Wildman–Crippen LogP) is 2.78. The van der Waals surface area contributed by atoms with Crippen LogP contribution in [0.5, 0.6) is 0 Å². The number of nitrogens with zero attached hydrogens (tertiary/aromatic N) is 2. The number of aromatic nitrogens is 2. The van der Waals surface area contributed by atoms with Gasteiger partial charge in [0, 0.05) is 6.54 Å². The molecule has 0 radical (unpaired) electrons. The van der Waals surface area contributed by atoms with Crippen LogP contribution in [0.2, 0.25) is 0 Å². The third-order valence-corrected chi connectivity index (χ3v) is 2.87. The summed E-state index contributed by atoms with van der Waals surface area (Å²) in [5, 5.41) is 7.00. The minimum Gasteiger partial charge on any atom is -0.337 e. The van der Waals surface area contributed by atoms with Crippen LogP contribution in [0.3, 0.4) is 0 Å². The molecule has 0 amide bonds. The molecule has 0 atom stereocenters. The Labute approximate surface area is 95.2 Å². The van der Waals surface area contributed by atoms with Crippen molar-refractivity contribution in [2.45, 2.75) is 32.9 Å². The van der Waals surface area contributed by atoms with Crippen LogP contribution in [-0.4, -0.2) is 22.4 Å². The van der Waals surface area contributed by atoms with Crippen LogP contribution >= 0.6 is 11.8 Å². The molecule has 86 valence electrons. The van der Waals surface area contributed by atoms with Crippen molar-refractivity contribution in [3.63, 3.8) is 0 Å². The lowest BCUT2D eigenvalue weighted by atomic mass is 10.2. The summed E-state index contributed by atoms with van der Waals surface area (Å²) in [6.45, 7) is 7.31. The van der Waals surface area contributed by atoms with Crippen LogP contribution in [0.4, 0.5) is 6.01 Å². The molecule has 0 saturated carbocycles. The lowest BCUT2D eigenvalue weighted by molar-refractivity contribution is 0.423. The van der Waals surface area contributed by atoms with Gasteiger partial charge in [-0.2, -0.15) is 16.7 Å². The Balaban J connectivity index is 2.29. The molecular formula is C10H19N3OS. The summed E-state index contributed by atoms with van der Waals surface area (Å²) in [7, 11) is 0. The number of thioether (sulfide) groups is 1. The van der Waals surface area contributed by atoms with E-state index < -0.39 is 0 Å². The van der Waals surface area contributed by atoms with Gasteiger partial charge in [0.2, 0.25) is 0 Å². The SMILES string of the molecule is CCCSCc1noc(NCC(C)C)n1. The number of rotatable bonds is 7. The molecule has 0 fully saturated rings. The average molecular weight is 229 g/mol. The standard InChI is InChI=1S/C10H19N3OS/c1-4-5-15-7-9-12-10(14-13-9)11-6-8(2)3/h8H,4-7H2,1-3H3,(H,11,12,13). The van der Waals surface area contributed by atoms with E-state index in [2.05, 4.69) is 36.2 Å². The molecule has 5 heteroatoms. The molecule has 0 aliphatic heterocycles. The van der Waals surface area contributed by atoms with Crippen molar-refractivity contribution in [1.29, 1.82) is 0 Å². The van der Waals surface area contributed by atoms with Crippen LogP contribution in [0.15, 0.2) is 4.52 Å². The van der Waals surface area contributed by atoms with Crippen molar-refractivity contribution in [3.05, 3.63) is 5.82 Å². The van der Waals surface area contributed by atoms with Gasteiger partial charge < -0.3 is 9.84 Å². The first kappa shape index (κ1) is 12.4. The second kappa shape index (κ2) is 6.71. The molecule has 0 bridgehead atoms. The van der Waals surface area contributed by atoms with Crippen molar-refractivity contribution in [2.75, 3.05) is 17.6 Å². The van der Waals surface area contributed by atoms with Gasteiger partial charge >= 0.3 is 6.01 Å². The molecule has 0 aliphatic carbocycles. The molecule has 1 aromatic heterocycles. The van der Waals surface area contributed by atoms with E-state index in [0.717, 1.165) is 23.9 Å². The summed E-state index contributed by atoms with van der Waals surface area (Å²) in [4.78, 5) is 4.24. The maximum atomic E-state index is 5.06. The molecule has 1 heterocycles. The van der Waals surface area contributed by atoms with Gasteiger partial charge in [0.15, 0.2) is 5.82 Å². The summed E-state index contributed by atoms with van der Waals surface area (Å²) >= 11 is 1.83. The molecule has 1 aromatic rings. The maximum absolute atomic E-state index is 5.06. The molecule has 0 aromatic carbocycles. The topological polar surface area (TPSA) is 51.0 Å². The lowest BCUT2D eigenvalue weighted by Gasteiger charge is -2.02. The van der Waals surface area contributed by atoms with Gasteiger partial charge in [-0.3, -0.25) is 0 Å². The van der Waals surface area contributed by atoms with Gasteiger partial charge in [-0.05, 0) is 18.1 Å². The molecule has 0 aliphatic rings. The molecule has 4 nitrogen and oxygen atoms in total. The highest BCUT2D eigenvalue weighted by Crippen LogP contribution is 2.12. The quantitative estimate of drug-likeness (QED) is 0.729. The van der Waals surface area contributed by atoms with Gasteiger partial charge in [0.05, 0.1) is 5.75 Å². The zero-order valence-corrected chi connectivity index (χ0v) is 10.4. The van der Waals surface area contributed by atoms with Crippen molar-refractivity contribution >= 4 is 17.8 Å². The van der Waals surface area contributed by atoms with Crippen LogP contribution in [0, 0.1) is 5.92 Å². The highest BCUT2D eigenvalue weighted by atomic mass is 32.2. The fourth-order valence-electron chi connectivity index (χ4n) is 0.984. The van der Waals surface area contributed by atoms with E-state index in [1.807, 2.05) is 11.8 Å². The molecular weight excluding hydrogens is 210 g/mol. The average Bonchev–Trinajstić information content (AvgIpc) is 2.63. The molecule has 1 rings (SSSR count). The zero-order chi connectivity index (χ0) is 11.1. The van der Waals surface area contributed by atoms with E-state index in [1.54, 1.807) is 0 Å². The van der Waals surface area contributed by atoms with E-state index >= 15 is 0 Å². The maximum Gasteiger partial charge on any atom is 0.321 e. The Kier molecular flexibility index (Phi) is 5.53. The van der Waals surface area contributed by atoms with E-state index in [-0.39, 0.29) is 0 Å². The van der Waals surface area contributed by atoms with E-state index in [4.69, 9.17) is 4.52 Å². The predicted molar refractivity (Wildman–Crippen MR) is 64.1 cm³/mol. The Morgan fingerprint density at radius 3 is 2.93 bits per heavy atom. The first-order valence-corrected chi connectivity index (χ1v) is 6.52. The third kappa shape index (κ3) is 5.06. The largest absolute Gasteiger partial charge is 0.337 e. The van der Waals surface area contributed by atoms with Crippen molar-refractivity contribution < 1.29 is 4.52 Å². The number of hydrogen-bond acceptors (Lipinski definition) is 5. The highest BCUT2D eigenvalue weighted by Gasteiger charge is 2.05. The number of nitrogens with one attached hydrogen (secondary N) is 1. The summed E-state index contributed by atoms with van der Waals surface area (Å²) in [6.07, 6.45) is 1.18. The molecule has 1 N–H and O–H groups in total. The van der Waals surface area contributed by atoms with E-state index in [9.17, 15) is 0 Å². The summed E-state index contributed by atoms with van der Waals surface area (Å²) in [5.41, 5.74) is 0. The van der Waals surface area contributed by atoms with Gasteiger partial charge in [0.1, 0.15) is 0 Å². The van der Waals surface area contributed by atoms with Gasteiger partial charge in [-0.1, -0.05) is 25.9 Å². The fourth-order valence-corrected chi connectivity index (χ4v) is 1.72. The van der Waals surface area contributed by atoms with Gasteiger partial charge in [-0.25, -0.2) is 0 Å². The summed E-state index contributed by atoms with van der Waals surface area (Å²) in [6, 6.07) is 0.538. The monoisotopic (exact) mass is 229 g/mol. The Bertz CT molecular complexity index is 275. The first-order valence-electron chi connectivity index (χ1n) is 5.36. The Morgan fingerprint density at radius 2 is 2.27 bits per heavy atom. The molecule has 15 heavy (non-hydrogen) atoms.